The van der Waals surface area contributed by atoms with Gasteiger partial charge in [0.15, 0.2) is 5.76 Å². The predicted octanol–water partition coefficient (Wildman–Crippen LogP) is 1.44. The molecule has 2 heterocycles. The molecular weight excluding hydrogens is 278 g/mol. The molecule has 2 rings (SSSR count). The molecule has 114 valence electrons. The predicted molar refractivity (Wildman–Crippen MR) is 76.1 cm³/mol. The van der Waals surface area contributed by atoms with Gasteiger partial charge in [-0.2, -0.15) is 0 Å². The van der Waals surface area contributed by atoms with Crippen LogP contribution in [0.15, 0.2) is 9.42 Å². The maximum Gasteiger partial charge on any atom is 0.246 e. The van der Waals surface area contributed by atoms with Crippen molar-refractivity contribution >= 4 is 10.0 Å². The Kier molecular flexibility index (Phi) is 4.82. The summed E-state index contributed by atoms with van der Waals surface area (Å²) in [5.41, 5.74) is 0.404. The summed E-state index contributed by atoms with van der Waals surface area (Å²) in [6, 6.07) is 0.535. The first kappa shape index (κ1) is 15.5. The van der Waals surface area contributed by atoms with Gasteiger partial charge in [-0.15, -0.1) is 0 Å². The van der Waals surface area contributed by atoms with Crippen LogP contribution in [0.1, 0.15) is 37.6 Å². The highest BCUT2D eigenvalue weighted by Crippen LogP contribution is 2.19. The molecule has 1 aromatic heterocycles. The van der Waals surface area contributed by atoms with Crippen molar-refractivity contribution in [2.75, 3.05) is 19.6 Å². The molecule has 1 unspecified atom stereocenters. The SMILES string of the molecule is Cc1noc(C)c1S(=O)(=O)NCCN1CCCCC1C. The number of likely N-dealkylation sites (tertiary alicyclic amines) is 1. The van der Waals surface area contributed by atoms with Gasteiger partial charge < -0.3 is 4.52 Å². The van der Waals surface area contributed by atoms with Gasteiger partial charge in [0.25, 0.3) is 0 Å². The third kappa shape index (κ3) is 3.39. The van der Waals surface area contributed by atoms with Gasteiger partial charge in [-0.3, -0.25) is 4.90 Å². The molecule has 1 aliphatic heterocycles. The van der Waals surface area contributed by atoms with Gasteiger partial charge in [-0.1, -0.05) is 11.6 Å². The highest BCUT2D eigenvalue weighted by Gasteiger charge is 2.24. The largest absolute Gasteiger partial charge is 0.360 e. The van der Waals surface area contributed by atoms with Gasteiger partial charge in [-0.05, 0) is 40.2 Å². The number of sulfonamides is 1. The van der Waals surface area contributed by atoms with Crippen molar-refractivity contribution in [3.8, 4) is 0 Å². The molecular formula is C13H23N3O3S. The zero-order chi connectivity index (χ0) is 14.8. The Morgan fingerprint density at radius 1 is 1.40 bits per heavy atom. The quantitative estimate of drug-likeness (QED) is 0.890. The number of piperidine rings is 1. The fourth-order valence-corrected chi connectivity index (χ4v) is 4.09. The summed E-state index contributed by atoms with van der Waals surface area (Å²) in [6.45, 7) is 7.65. The normalized spacial score (nSPS) is 21.2. The van der Waals surface area contributed by atoms with E-state index in [9.17, 15) is 8.42 Å². The van der Waals surface area contributed by atoms with E-state index in [0.29, 0.717) is 24.0 Å². The molecule has 6 nitrogen and oxygen atoms in total. The van der Waals surface area contributed by atoms with E-state index in [0.717, 1.165) is 13.1 Å². The van der Waals surface area contributed by atoms with Gasteiger partial charge in [0, 0.05) is 19.1 Å². The second-order valence-electron chi connectivity index (χ2n) is 5.43. The molecule has 0 saturated carbocycles. The second-order valence-corrected chi connectivity index (χ2v) is 7.14. The number of rotatable bonds is 5. The molecule has 1 aromatic rings. The Morgan fingerprint density at radius 2 is 2.15 bits per heavy atom. The average Bonchev–Trinajstić information content (AvgIpc) is 2.72. The van der Waals surface area contributed by atoms with Crippen LogP contribution in [0.5, 0.6) is 0 Å². The lowest BCUT2D eigenvalue weighted by Crippen LogP contribution is -2.42. The van der Waals surface area contributed by atoms with E-state index in [4.69, 9.17) is 4.52 Å². The first-order valence-electron chi connectivity index (χ1n) is 7.08. The summed E-state index contributed by atoms with van der Waals surface area (Å²) < 4.78 is 32.0. The number of aromatic nitrogens is 1. The van der Waals surface area contributed by atoms with Crippen LogP contribution in [-0.2, 0) is 10.0 Å². The number of nitrogens with one attached hydrogen (secondary N) is 1. The van der Waals surface area contributed by atoms with Crippen molar-refractivity contribution < 1.29 is 12.9 Å². The number of hydrogen-bond acceptors (Lipinski definition) is 5. The Labute approximate surface area is 120 Å². The molecule has 1 saturated heterocycles. The highest BCUT2D eigenvalue weighted by atomic mass is 32.2. The Hall–Kier alpha value is -0.920. The Morgan fingerprint density at radius 3 is 2.75 bits per heavy atom. The molecule has 1 N–H and O–H groups in total. The lowest BCUT2D eigenvalue weighted by Gasteiger charge is -2.33. The van der Waals surface area contributed by atoms with Crippen molar-refractivity contribution in [2.45, 2.75) is 51.0 Å². The van der Waals surface area contributed by atoms with Crippen molar-refractivity contribution in [1.82, 2.24) is 14.8 Å². The minimum Gasteiger partial charge on any atom is -0.360 e. The fourth-order valence-electron chi connectivity index (χ4n) is 2.74. The van der Waals surface area contributed by atoms with E-state index in [1.807, 2.05) is 0 Å². The zero-order valence-corrected chi connectivity index (χ0v) is 13.2. The lowest BCUT2D eigenvalue weighted by molar-refractivity contribution is 0.164. The first-order chi connectivity index (χ1) is 9.42. The molecule has 0 amide bonds. The van der Waals surface area contributed by atoms with Crippen LogP contribution >= 0.6 is 0 Å². The van der Waals surface area contributed by atoms with Crippen molar-refractivity contribution in [1.29, 1.82) is 0 Å². The lowest BCUT2D eigenvalue weighted by atomic mass is 10.0. The van der Waals surface area contributed by atoms with Gasteiger partial charge >= 0.3 is 0 Å². The first-order valence-corrected chi connectivity index (χ1v) is 8.56. The molecule has 0 aliphatic carbocycles. The van der Waals surface area contributed by atoms with Gasteiger partial charge in [0.1, 0.15) is 10.6 Å². The average molecular weight is 301 g/mol. The van der Waals surface area contributed by atoms with Crippen molar-refractivity contribution in [3.63, 3.8) is 0 Å². The molecule has 1 aliphatic rings. The summed E-state index contributed by atoms with van der Waals surface area (Å²) in [4.78, 5) is 2.50. The minimum absolute atomic E-state index is 0.171. The van der Waals surface area contributed by atoms with Crippen molar-refractivity contribution in [3.05, 3.63) is 11.5 Å². The van der Waals surface area contributed by atoms with E-state index in [2.05, 4.69) is 21.7 Å². The van der Waals surface area contributed by atoms with Crippen LogP contribution in [0.25, 0.3) is 0 Å². The van der Waals surface area contributed by atoms with Crippen LogP contribution in [0.2, 0.25) is 0 Å². The van der Waals surface area contributed by atoms with Crippen LogP contribution in [0.3, 0.4) is 0 Å². The molecule has 0 bridgehead atoms. The fraction of sp³-hybridized carbons (Fsp3) is 0.769. The molecule has 1 atom stereocenters. The summed E-state index contributed by atoms with van der Waals surface area (Å²) in [7, 11) is -3.53. The van der Waals surface area contributed by atoms with Crippen molar-refractivity contribution in [2.24, 2.45) is 0 Å². The van der Waals surface area contributed by atoms with E-state index < -0.39 is 10.0 Å². The topological polar surface area (TPSA) is 75.4 Å². The molecule has 0 spiro atoms. The molecule has 0 radical (unpaired) electrons. The molecule has 20 heavy (non-hydrogen) atoms. The van der Waals surface area contributed by atoms with Gasteiger partial charge in [0.05, 0.1) is 0 Å². The second kappa shape index (κ2) is 6.24. The number of aryl methyl sites for hydroxylation is 2. The maximum atomic E-state index is 12.2. The number of nitrogens with zero attached hydrogens (tertiary/aromatic N) is 2. The van der Waals surface area contributed by atoms with Crippen LogP contribution in [-0.4, -0.2) is 44.2 Å². The van der Waals surface area contributed by atoms with E-state index in [1.54, 1.807) is 13.8 Å². The molecule has 7 heteroatoms. The minimum atomic E-state index is -3.53. The third-order valence-electron chi connectivity index (χ3n) is 3.87. The molecule has 1 fully saturated rings. The van der Waals surface area contributed by atoms with Crippen LogP contribution < -0.4 is 4.72 Å². The zero-order valence-electron chi connectivity index (χ0n) is 12.3. The Bertz CT molecular complexity index is 534. The highest BCUT2D eigenvalue weighted by molar-refractivity contribution is 7.89. The van der Waals surface area contributed by atoms with E-state index in [-0.39, 0.29) is 4.90 Å². The summed E-state index contributed by atoms with van der Waals surface area (Å²) >= 11 is 0. The summed E-state index contributed by atoms with van der Waals surface area (Å²) in [6.07, 6.45) is 3.65. The van der Waals surface area contributed by atoms with E-state index >= 15 is 0 Å². The van der Waals surface area contributed by atoms with Crippen LogP contribution in [0, 0.1) is 13.8 Å². The standard InChI is InChI=1S/C13H23N3O3S/c1-10-6-4-5-8-16(10)9-7-14-20(17,18)13-11(2)15-19-12(13)3/h10,14H,4-9H2,1-3H3. The third-order valence-corrected chi connectivity index (χ3v) is 5.57. The smallest absolute Gasteiger partial charge is 0.246 e. The summed E-state index contributed by atoms with van der Waals surface area (Å²) in [5, 5.41) is 3.69. The van der Waals surface area contributed by atoms with E-state index in [1.165, 1.54) is 19.3 Å². The number of hydrogen-bond donors (Lipinski definition) is 1. The van der Waals surface area contributed by atoms with Gasteiger partial charge in [0.2, 0.25) is 10.0 Å². The Balaban J connectivity index is 1.93. The summed E-state index contributed by atoms with van der Waals surface area (Å²) in [5.74, 6) is 0.335. The monoisotopic (exact) mass is 301 g/mol. The molecule has 0 aromatic carbocycles. The van der Waals surface area contributed by atoms with Gasteiger partial charge in [-0.25, -0.2) is 13.1 Å². The van der Waals surface area contributed by atoms with Crippen LogP contribution in [0.4, 0.5) is 0 Å². The maximum absolute atomic E-state index is 12.2.